The third-order valence-electron chi connectivity index (χ3n) is 1.87. The Morgan fingerprint density at radius 1 is 1.38 bits per heavy atom. The van der Waals surface area contributed by atoms with Crippen molar-refractivity contribution in [2.45, 2.75) is 12.6 Å². The van der Waals surface area contributed by atoms with Crippen LogP contribution in [0.4, 0.5) is 0 Å². The lowest BCUT2D eigenvalue weighted by atomic mass is 10.0. The molecular weight excluding hydrogens is 190 g/mol. The van der Waals surface area contributed by atoms with E-state index in [0.29, 0.717) is 10.6 Å². The maximum absolute atomic E-state index is 8.99. The number of halogens is 1. The molecule has 3 nitrogen and oxygen atoms in total. The van der Waals surface area contributed by atoms with Crippen molar-refractivity contribution >= 4 is 11.6 Å². The molecule has 0 aliphatic rings. The van der Waals surface area contributed by atoms with Gasteiger partial charge < -0.3 is 15.9 Å². The van der Waals surface area contributed by atoms with Gasteiger partial charge in [-0.3, -0.25) is 0 Å². The minimum Gasteiger partial charge on any atom is -0.394 e. The summed E-state index contributed by atoms with van der Waals surface area (Å²) in [7, 11) is 0. The van der Waals surface area contributed by atoms with Crippen molar-refractivity contribution in [1.82, 2.24) is 0 Å². The van der Waals surface area contributed by atoms with Gasteiger partial charge in [-0.1, -0.05) is 17.7 Å². The maximum Gasteiger partial charge on any atom is 0.0685 e. The summed E-state index contributed by atoms with van der Waals surface area (Å²) in [6.07, 6.45) is 0. The highest BCUT2D eigenvalue weighted by molar-refractivity contribution is 6.30. The molecule has 72 valence electrons. The Balaban J connectivity index is 3.05. The number of hydrogen-bond donors (Lipinski definition) is 3. The zero-order valence-corrected chi connectivity index (χ0v) is 7.83. The predicted octanol–water partition coefficient (Wildman–Crippen LogP) is 0.824. The average molecular weight is 202 g/mol. The first-order valence-electron chi connectivity index (χ1n) is 3.94. The van der Waals surface area contributed by atoms with E-state index in [9.17, 15) is 0 Å². The predicted molar refractivity (Wildman–Crippen MR) is 51.4 cm³/mol. The fourth-order valence-corrected chi connectivity index (χ4v) is 1.37. The summed E-state index contributed by atoms with van der Waals surface area (Å²) in [5, 5.41) is 18.4. The molecule has 1 aromatic rings. The number of aliphatic hydroxyl groups excluding tert-OH is 2. The first-order chi connectivity index (χ1) is 6.19. The average Bonchev–Trinajstić information content (AvgIpc) is 2.16. The van der Waals surface area contributed by atoms with Gasteiger partial charge in [-0.25, -0.2) is 0 Å². The summed E-state index contributed by atoms with van der Waals surface area (Å²) in [6, 6.07) is 4.59. The van der Waals surface area contributed by atoms with Gasteiger partial charge in [-0.15, -0.1) is 0 Å². The summed E-state index contributed by atoms with van der Waals surface area (Å²) in [6.45, 7) is -0.266. The van der Waals surface area contributed by atoms with E-state index >= 15 is 0 Å². The van der Waals surface area contributed by atoms with Crippen LogP contribution in [0.15, 0.2) is 18.2 Å². The van der Waals surface area contributed by atoms with Gasteiger partial charge in [-0.05, 0) is 23.3 Å². The molecule has 13 heavy (non-hydrogen) atoms. The highest BCUT2D eigenvalue weighted by Gasteiger charge is 2.09. The Hall–Kier alpha value is -0.610. The van der Waals surface area contributed by atoms with Crippen LogP contribution < -0.4 is 5.73 Å². The van der Waals surface area contributed by atoms with Gasteiger partial charge in [0.05, 0.1) is 19.3 Å². The Labute approximate surface area is 81.8 Å². The van der Waals surface area contributed by atoms with Crippen LogP contribution in [0.3, 0.4) is 0 Å². The molecule has 0 radical (unpaired) electrons. The molecule has 0 aliphatic carbocycles. The second-order valence-corrected chi connectivity index (χ2v) is 3.23. The summed E-state index contributed by atoms with van der Waals surface area (Å²) in [5.41, 5.74) is 7.01. The standard InChI is InChI=1S/C9H12ClNO2/c10-7-1-2-8(9(11)5-13)6(3-7)4-12/h1-3,9,12-13H,4-5,11H2/t9-/m0/s1. The number of rotatable bonds is 3. The quantitative estimate of drug-likeness (QED) is 0.679. The first kappa shape index (κ1) is 10.5. The Kier molecular flexibility index (Phi) is 3.69. The van der Waals surface area contributed by atoms with Crippen LogP contribution in [0.1, 0.15) is 17.2 Å². The van der Waals surface area contributed by atoms with Crippen molar-refractivity contribution < 1.29 is 10.2 Å². The van der Waals surface area contributed by atoms with Gasteiger partial charge in [-0.2, -0.15) is 0 Å². The van der Waals surface area contributed by atoms with E-state index in [4.69, 9.17) is 27.5 Å². The van der Waals surface area contributed by atoms with E-state index in [0.717, 1.165) is 5.56 Å². The number of nitrogens with two attached hydrogens (primary N) is 1. The van der Waals surface area contributed by atoms with Crippen molar-refractivity contribution in [2.24, 2.45) is 5.73 Å². The number of aliphatic hydroxyl groups is 2. The van der Waals surface area contributed by atoms with Crippen LogP contribution >= 0.6 is 11.6 Å². The molecule has 0 saturated heterocycles. The molecule has 0 saturated carbocycles. The summed E-state index contributed by atoms with van der Waals surface area (Å²) in [4.78, 5) is 0. The highest BCUT2D eigenvalue weighted by atomic mass is 35.5. The van der Waals surface area contributed by atoms with Crippen molar-refractivity contribution in [3.05, 3.63) is 34.3 Å². The van der Waals surface area contributed by atoms with E-state index < -0.39 is 6.04 Å². The van der Waals surface area contributed by atoms with Gasteiger partial charge in [0.15, 0.2) is 0 Å². The van der Waals surface area contributed by atoms with E-state index in [1.54, 1.807) is 18.2 Å². The van der Waals surface area contributed by atoms with Gasteiger partial charge in [0.25, 0.3) is 0 Å². The summed E-state index contributed by atoms with van der Waals surface area (Å²) >= 11 is 5.73. The Bertz CT molecular complexity index is 291. The van der Waals surface area contributed by atoms with Crippen LogP contribution in [0, 0.1) is 0 Å². The van der Waals surface area contributed by atoms with Crippen LogP contribution in [0.5, 0.6) is 0 Å². The third kappa shape index (κ3) is 2.42. The van der Waals surface area contributed by atoms with Crippen LogP contribution in [0.25, 0.3) is 0 Å². The number of hydrogen-bond acceptors (Lipinski definition) is 3. The molecule has 0 unspecified atom stereocenters. The molecule has 0 heterocycles. The molecule has 1 rings (SSSR count). The monoisotopic (exact) mass is 201 g/mol. The number of benzene rings is 1. The molecule has 0 fully saturated rings. The Morgan fingerprint density at radius 3 is 2.62 bits per heavy atom. The van der Waals surface area contributed by atoms with Crippen LogP contribution in [-0.2, 0) is 6.61 Å². The van der Waals surface area contributed by atoms with Gasteiger partial charge in [0.1, 0.15) is 0 Å². The smallest absolute Gasteiger partial charge is 0.0685 e. The van der Waals surface area contributed by atoms with E-state index in [2.05, 4.69) is 0 Å². The third-order valence-corrected chi connectivity index (χ3v) is 2.11. The molecule has 4 heteroatoms. The fraction of sp³-hybridized carbons (Fsp3) is 0.333. The lowest BCUT2D eigenvalue weighted by molar-refractivity contribution is 0.259. The van der Waals surface area contributed by atoms with Crippen molar-refractivity contribution in [2.75, 3.05) is 6.61 Å². The zero-order chi connectivity index (χ0) is 9.84. The van der Waals surface area contributed by atoms with Gasteiger partial charge in [0, 0.05) is 5.02 Å². The second-order valence-electron chi connectivity index (χ2n) is 2.79. The lowest BCUT2D eigenvalue weighted by Crippen LogP contribution is -2.16. The first-order valence-corrected chi connectivity index (χ1v) is 4.32. The van der Waals surface area contributed by atoms with Crippen molar-refractivity contribution in [3.8, 4) is 0 Å². The lowest BCUT2D eigenvalue weighted by Gasteiger charge is -2.12. The van der Waals surface area contributed by atoms with Crippen LogP contribution in [0.2, 0.25) is 5.02 Å². The van der Waals surface area contributed by atoms with E-state index in [1.165, 1.54) is 0 Å². The molecule has 1 aromatic carbocycles. The van der Waals surface area contributed by atoms with Gasteiger partial charge in [0.2, 0.25) is 0 Å². The molecule has 0 aliphatic heterocycles. The van der Waals surface area contributed by atoms with Crippen molar-refractivity contribution in [1.29, 1.82) is 0 Å². The van der Waals surface area contributed by atoms with Gasteiger partial charge >= 0.3 is 0 Å². The van der Waals surface area contributed by atoms with Crippen LogP contribution in [-0.4, -0.2) is 16.8 Å². The molecule has 0 amide bonds. The van der Waals surface area contributed by atoms with Crippen molar-refractivity contribution in [3.63, 3.8) is 0 Å². The molecule has 1 atom stereocenters. The molecule has 4 N–H and O–H groups in total. The SMILES string of the molecule is N[C@@H](CO)c1ccc(Cl)cc1CO. The molecule has 0 aromatic heterocycles. The minimum absolute atomic E-state index is 0.121. The fourth-order valence-electron chi connectivity index (χ4n) is 1.17. The molecule has 0 bridgehead atoms. The van der Waals surface area contributed by atoms with E-state index in [1.807, 2.05) is 0 Å². The summed E-state index contributed by atoms with van der Waals surface area (Å²) < 4.78 is 0. The topological polar surface area (TPSA) is 66.5 Å². The second kappa shape index (κ2) is 4.58. The molecular formula is C9H12ClNO2. The zero-order valence-electron chi connectivity index (χ0n) is 7.07. The highest BCUT2D eigenvalue weighted by Crippen LogP contribution is 2.20. The minimum atomic E-state index is -0.459. The largest absolute Gasteiger partial charge is 0.394 e. The molecule has 0 spiro atoms. The Morgan fingerprint density at radius 2 is 2.08 bits per heavy atom. The maximum atomic E-state index is 8.99. The van der Waals surface area contributed by atoms with E-state index in [-0.39, 0.29) is 13.2 Å². The normalized spacial score (nSPS) is 12.9. The summed E-state index contributed by atoms with van der Waals surface area (Å²) in [5.74, 6) is 0.